The van der Waals surface area contributed by atoms with Crippen LogP contribution in [0.15, 0.2) is 23.7 Å². The third kappa shape index (κ3) is 4.19. The lowest BCUT2D eigenvalue weighted by Gasteiger charge is -2.06. The number of hydrogen-bond donors (Lipinski definition) is 2. The Morgan fingerprint density at radius 2 is 2.17 bits per heavy atom. The number of thiazole rings is 2. The number of ether oxygens (including phenoxy) is 1. The lowest BCUT2D eigenvalue weighted by atomic mass is 10.4. The normalized spacial score (nSPS) is 10.5. The minimum atomic E-state index is -0.648. The van der Waals surface area contributed by atoms with Crippen molar-refractivity contribution in [2.75, 3.05) is 10.6 Å². The summed E-state index contributed by atoms with van der Waals surface area (Å²) in [7, 11) is 0. The molecule has 124 valence electrons. The van der Waals surface area contributed by atoms with Crippen LogP contribution in [0, 0.1) is 13.8 Å². The summed E-state index contributed by atoms with van der Waals surface area (Å²) in [5.41, 5.74) is 1.55. The summed E-state index contributed by atoms with van der Waals surface area (Å²) in [4.78, 5) is 24.3. The van der Waals surface area contributed by atoms with Crippen LogP contribution in [0.3, 0.4) is 0 Å². The quantitative estimate of drug-likeness (QED) is 0.641. The van der Waals surface area contributed by atoms with Crippen LogP contribution in [0.5, 0.6) is 5.88 Å². The van der Waals surface area contributed by atoms with E-state index in [4.69, 9.17) is 16.3 Å². The fourth-order valence-corrected chi connectivity index (χ4v) is 3.39. The number of hydrogen-bond acceptors (Lipinski definition) is 8. The van der Waals surface area contributed by atoms with Crippen molar-refractivity contribution >= 4 is 56.2 Å². The lowest BCUT2D eigenvalue weighted by molar-refractivity contribution is 0.214. The molecule has 0 fully saturated rings. The first kappa shape index (κ1) is 16.6. The van der Waals surface area contributed by atoms with Crippen LogP contribution in [-0.4, -0.2) is 21.0 Å². The standard InChI is InChI=1S/C14H12ClN5O2S2/c1-7-6-23-13(17-7)20-14(21)22-11-12(24-8(2)18-11)19-9-3-4-16-10(15)5-9/h3-6H,1-2H3,(H,16,19)(H,17,20,21). The Balaban J connectivity index is 1.72. The summed E-state index contributed by atoms with van der Waals surface area (Å²) < 4.78 is 5.29. The van der Waals surface area contributed by atoms with Gasteiger partial charge in [0.15, 0.2) is 10.1 Å². The average molecular weight is 382 g/mol. The Bertz CT molecular complexity index is 880. The summed E-state index contributed by atoms with van der Waals surface area (Å²) in [5.74, 6) is 0.191. The van der Waals surface area contributed by atoms with Crippen molar-refractivity contribution in [3.05, 3.63) is 39.6 Å². The van der Waals surface area contributed by atoms with Crippen molar-refractivity contribution in [3.8, 4) is 5.88 Å². The number of nitrogens with one attached hydrogen (secondary N) is 2. The van der Waals surface area contributed by atoms with Crippen molar-refractivity contribution in [2.45, 2.75) is 13.8 Å². The van der Waals surface area contributed by atoms with E-state index in [1.165, 1.54) is 22.7 Å². The molecule has 3 aromatic heterocycles. The van der Waals surface area contributed by atoms with E-state index in [0.717, 1.165) is 16.4 Å². The molecular weight excluding hydrogens is 370 g/mol. The fraction of sp³-hybridized carbons (Fsp3) is 0.143. The van der Waals surface area contributed by atoms with Gasteiger partial charge in [0.05, 0.1) is 10.7 Å². The number of rotatable bonds is 4. The minimum Gasteiger partial charge on any atom is -0.388 e. The Labute approximate surface area is 150 Å². The van der Waals surface area contributed by atoms with E-state index in [0.29, 0.717) is 15.3 Å². The van der Waals surface area contributed by atoms with E-state index >= 15 is 0 Å². The molecule has 3 aromatic rings. The maximum Gasteiger partial charge on any atom is 0.420 e. The minimum absolute atomic E-state index is 0.191. The molecule has 0 atom stereocenters. The maximum atomic E-state index is 12.0. The molecule has 0 aliphatic carbocycles. The Morgan fingerprint density at radius 3 is 2.88 bits per heavy atom. The highest BCUT2D eigenvalue weighted by atomic mass is 35.5. The molecule has 0 radical (unpaired) electrons. The molecule has 24 heavy (non-hydrogen) atoms. The molecule has 2 N–H and O–H groups in total. The van der Waals surface area contributed by atoms with E-state index in [9.17, 15) is 4.79 Å². The molecule has 0 saturated carbocycles. The third-order valence-corrected chi connectivity index (χ3v) is 4.65. The molecule has 1 amide bonds. The van der Waals surface area contributed by atoms with Gasteiger partial charge in [0.25, 0.3) is 5.88 Å². The van der Waals surface area contributed by atoms with Gasteiger partial charge in [-0.2, -0.15) is 0 Å². The van der Waals surface area contributed by atoms with E-state index in [1.807, 2.05) is 19.2 Å². The zero-order valence-electron chi connectivity index (χ0n) is 12.7. The Morgan fingerprint density at radius 1 is 1.33 bits per heavy atom. The zero-order chi connectivity index (χ0) is 17.1. The number of carbonyl (C=O) groups excluding carboxylic acids is 1. The van der Waals surface area contributed by atoms with Gasteiger partial charge >= 0.3 is 6.09 Å². The van der Waals surface area contributed by atoms with Gasteiger partial charge in [0.1, 0.15) is 5.15 Å². The number of aryl methyl sites for hydroxylation is 2. The van der Waals surface area contributed by atoms with Crippen molar-refractivity contribution in [1.82, 2.24) is 15.0 Å². The van der Waals surface area contributed by atoms with Crippen molar-refractivity contribution in [3.63, 3.8) is 0 Å². The van der Waals surface area contributed by atoms with E-state index < -0.39 is 6.09 Å². The lowest BCUT2D eigenvalue weighted by Crippen LogP contribution is -2.17. The fourth-order valence-electron chi connectivity index (χ4n) is 1.78. The highest BCUT2D eigenvalue weighted by Crippen LogP contribution is 2.34. The SMILES string of the molecule is Cc1csc(NC(=O)Oc2nc(C)sc2Nc2ccnc(Cl)c2)n1. The molecule has 3 rings (SSSR count). The van der Waals surface area contributed by atoms with Gasteiger partial charge < -0.3 is 10.1 Å². The second-order valence-corrected chi connectivity index (χ2v) is 7.12. The molecule has 0 aliphatic heterocycles. The molecule has 0 saturated heterocycles. The monoisotopic (exact) mass is 381 g/mol. The number of halogens is 1. The summed E-state index contributed by atoms with van der Waals surface area (Å²) in [6.45, 7) is 3.67. The van der Waals surface area contributed by atoms with Gasteiger partial charge in [0, 0.05) is 17.3 Å². The largest absolute Gasteiger partial charge is 0.420 e. The van der Waals surface area contributed by atoms with Gasteiger partial charge in [-0.15, -0.1) is 11.3 Å². The van der Waals surface area contributed by atoms with Crippen LogP contribution < -0.4 is 15.4 Å². The van der Waals surface area contributed by atoms with Crippen LogP contribution in [0.1, 0.15) is 10.7 Å². The molecule has 3 heterocycles. The highest BCUT2D eigenvalue weighted by Gasteiger charge is 2.16. The maximum absolute atomic E-state index is 12.0. The van der Waals surface area contributed by atoms with E-state index in [2.05, 4.69) is 25.6 Å². The van der Waals surface area contributed by atoms with E-state index in [1.54, 1.807) is 18.3 Å². The second-order valence-electron chi connectivity index (χ2n) is 4.67. The van der Waals surface area contributed by atoms with Crippen molar-refractivity contribution in [2.24, 2.45) is 0 Å². The first-order chi connectivity index (χ1) is 11.5. The smallest absolute Gasteiger partial charge is 0.388 e. The molecule has 10 heteroatoms. The topological polar surface area (TPSA) is 89.0 Å². The van der Waals surface area contributed by atoms with Gasteiger partial charge in [-0.3, -0.25) is 5.32 Å². The summed E-state index contributed by atoms with van der Waals surface area (Å²) in [6.07, 6.45) is 0.932. The van der Waals surface area contributed by atoms with Gasteiger partial charge in [0.2, 0.25) is 0 Å². The molecule has 7 nitrogen and oxygen atoms in total. The number of carbonyl (C=O) groups is 1. The van der Waals surface area contributed by atoms with Crippen LogP contribution in [0.4, 0.5) is 20.6 Å². The predicted molar refractivity (Wildman–Crippen MR) is 95.9 cm³/mol. The molecule has 0 spiro atoms. The first-order valence-corrected chi connectivity index (χ1v) is 8.84. The third-order valence-electron chi connectivity index (χ3n) is 2.70. The highest BCUT2D eigenvalue weighted by molar-refractivity contribution is 7.16. The number of amides is 1. The number of aromatic nitrogens is 3. The van der Waals surface area contributed by atoms with Gasteiger partial charge in [-0.1, -0.05) is 22.9 Å². The molecule has 0 aliphatic rings. The zero-order valence-corrected chi connectivity index (χ0v) is 15.1. The van der Waals surface area contributed by atoms with Crippen LogP contribution >= 0.6 is 34.3 Å². The molecule has 0 bridgehead atoms. The first-order valence-electron chi connectivity index (χ1n) is 6.76. The predicted octanol–water partition coefficient (Wildman–Crippen LogP) is 4.62. The van der Waals surface area contributed by atoms with Gasteiger partial charge in [-0.05, 0) is 26.0 Å². The molecular formula is C14H12ClN5O2S2. The summed E-state index contributed by atoms with van der Waals surface area (Å²) in [5, 5.41) is 9.72. The Kier molecular flexibility index (Phi) is 4.93. The van der Waals surface area contributed by atoms with Crippen LogP contribution in [0.25, 0.3) is 0 Å². The van der Waals surface area contributed by atoms with Crippen molar-refractivity contribution in [1.29, 1.82) is 0 Å². The van der Waals surface area contributed by atoms with Crippen LogP contribution in [0.2, 0.25) is 5.15 Å². The Hall–Kier alpha value is -2.23. The number of pyridine rings is 1. The van der Waals surface area contributed by atoms with Crippen molar-refractivity contribution < 1.29 is 9.53 Å². The summed E-state index contributed by atoms with van der Waals surface area (Å²) in [6, 6.07) is 3.42. The number of anilines is 3. The second kappa shape index (κ2) is 7.12. The molecule has 0 unspecified atom stereocenters. The average Bonchev–Trinajstić information content (AvgIpc) is 3.05. The van der Waals surface area contributed by atoms with E-state index in [-0.39, 0.29) is 5.88 Å². The summed E-state index contributed by atoms with van der Waals surface area (Å²) >= 11 is 8.56. The van der Waals surface area contributed by atoms with Gasteiger partial charge in [-0.25, -0.2) is 19.7 Å². The number of nitrogens with zero attached hydrogens (tertiary/aromatic N) is 3. The molecule has 0 aromatic carbocycles. The van der Waals surface area contributed by atoms with Crippen LogP contribution in [-0.2, 0) is 0 Å².